The second-order valence-electron chi connectivity index (χ2n) is 5.71. The fourth-order valence-corrected chi connectivity index (χ4v) is 2.79. The molecule has 13 heteroatoms. The van der Waals surface area contributed by atoms with Crippen LogP contribution in [0.1, 0.15) is 0 Å². The number of carboxylic acid groups (broad SMARTS) is 1. The van der Waals surface area contributed by atoms with Gasteiger partial charge in [-0.15, -0.1) is 0 Å². The van der Waals surface area contributed by atoms with Crippen molar-refractivity contribution in [1.29, 1.82) is 0 Å². The lowest BCUT2D eigenvalue weighted by Crippen LogP contribution is -2.21. The minimum absolute atomic E-state index is 0.244. The highest BCUT2D eigenvalue weighted by atomic mass is 32.2. The van der Waals surface area contributed by atoms with E-state index in [9.17, 15) is 26.0 Å². The third-order valence-electron chi connectivity index (χ3n) is 3.45. The third-order valence-corrected chi connectivity index (χ3v) is 4.05. The number of anilines is 2. The molecule has 0 atom stereocenters. The molecule has 1 heterocycles. The lowest BCUT2D eigenvalue weighted by Gasteiger charge is -2.07. The van der Waals surface area contributed by atoms with Crippen LogP contribution >= 0.6 is 0 Å². The first-order valence-electron chi connectivity index (χ1n) is 7.60. The second-order valence-corrected chi connectivity index (χ2v) is 7.46. The number of aromatic amines is 1. The maximum atomic E-state index is 14.5. The zero-order valence-corrected chi connectivity index (χ0v) is 15.4. The molecule has 0 aliphatic carbocycles. The first kappa shape index (κ1) is 21.9. The van der Waals surface area contributed by atoms with Gasteiger partial charge in [-0.1, -0.05) is 18.2 Å². The third kappa shape index (κ3) is 5.57. The second kappa shape index (κ2) is 7.95. The monoisotopic (exact) mass is 434 g/mol. The van der Waals surface area contributed by atoms with Gasteiger partial charge in [-0.05, 0) is 23.8 Å². The molecule has 3 rings (SSSR count). The Bertz CT molecular complexity index is 1140. The molecule has 8 nitrogen and oxygen atoms in total. The quantitative estimate of drug-likeness (QED) is 0.468. The number of carboxylic acids is 1. The summed E-state index contributed by atoms with van der Waals surface area (Å²) in [5, 5.41) is 14.0. The molecule has 5 N–H and O–H groups in total. The van der Waals surface area contributed by atoms with E-state index in [0.717, 1.165) is 6.26 Å². The number of benzene rings is 2. The summed E-state index contributed by atoms with van der Waals surface area (Å²) in [6, 6.07) is 9.72. The fraction of sp³-hybridized carbons (Fsp3) is 0.125. The van der Waals surface area contributed by atoms with Crippen LogP contribution in [0.15, 0.2) is 36.4 Å². The predicted molar refractivity (Wildman–Crippen MR) is 98.1 cm³/mol. The Balaban J connectivity index is 0.000000370. The molecule has 29 heavy (non-hydrogen) atoms. The highest BCUT2D eigenvalue weighted by Crippen LogP contribution is 2.30. The Morgan fingerprint density at radius 3 is 2.21 bits per heavy atom. The number of hydrogen-bond acceptors (Lipinski definition) is 5. The standard InChI is InChI=1S/C14H13FN4O2S.C2HF3O2/c1-22(20,21)19-9-4-2-8(3-5-9)10-6-7-11-13(12(10)15)17-18-14(11)16;3-2(4,5)1(6)7/h2-7,19H,1H3,(H3,16,17,18);(H,6,7). The molecule has 0 bridgehead atoms. The van der Waals surface area contributed by atoms with Crippen molar-refractivity contribution in [3.8, 4) is 11.1 Å². The van der Waals surface area contributed by atoms with E-state index in [4.69, 9.17) is 15.6 Å². The summed E-state index contributed by atoms with van der Waals surface area (Å²) in [5.74, 6) is -2.97. The molecule has 1 aromatic heterocycles. The van der Waals surface area contributed by atoms with Gasteiger partial charge >= 0.3 is 12.1 Å². The van der Waals surface area contributed by atoms with E-state index in [-0.39, 0.29) is 11.3 Å². The molecule has 0 fully saturated rings. The average molecular weight is 434 g/mol. The fourth-order valence-electron chi connectivity index (χ4n) is 2.23. The number of H-pyrrole nitrogens is 1. The highest BCUT2D eigenvalue weighted by molar-refractivity contribution is 7.92. The number of rotatable bonds is 3. The number of fused-ring (bicyclic) bond motifs is 1. The summed E-state index contributed by atoms with van der Waals surface area (Å²) in [6.45, 7) is 0. The van der Waals surface area contributed by atoms with Crippen molar-refractivity contribution in [1.82, 2.24) is 10.2 Å². The first-order valence-corrected chi connectivity index (χ1v) is 9.49. The van der Waals surface area contributed by atoms with Crippen LogP contribution in [0.25, 0.3) is 22.0 Å². The molecule has 0 unspecified atom stereocenters. The molecule has 0 radical (unpaired) electrons. The van der Waals surface area contributed by atoms with Gasteiger partial charge < -0.3 is 10.8 Å². The van der Waals surface area contributed by atoms with E-state index in [1.807, 2.05) is 0 Å². The van der Waals surface area contributed by atoms with Gasteiger partial charge in [0.15, 0.2) is 11.6 Å². The minimum atomic E-state index is -5.08. The van der Waals surface area contributed by atoms with E-state index in [0.29, 0.717) is 22.2 Å². The molecule has 2 aromatic carbocycles. The van der Waals surface area contributed by atoms with Crippen molar-refractivity contribution in [2.75, 3.05) is 16.7 Å². The predicted octanol–water partition coefficient (Wildman–Crippen LogP) is 2.96. The van der Waals surface area contributed by atoms with Crippen LogP contribution in [0.4, 0.5) is 29.1 Å². The van der Waals surface area contributed by atoms with Crippen LogP contribution in [0.3, 0.4) is 0 Å². The zero-order chi connectivity index (χ0) is 22.0. The van der Waals surface area contributed by atoms with Gasteiger partial charge in [0, 0.05) is 16.6 Å². The molecule has 0 aliphatic rings. The number of aliphatic carboxylic acids is 1. The molecule has 3 aromatic rings. The summed E-state index contributed by atoms with van der Waals surface area (Å²) in [5.41, 5.74) is 7.29. The number of nitrogens with zero attached hydrogens (tertiary/aromatic N) is 1. The van der Waals surface area contributed by atoms with Gasteiger partial charge in [0.2, 0.25) is 10.0 Å². The first-order chi connectivity index (χ1) is 13.3. The van der Waals surface area contributed by atoms with Gasteiger partial charge in [0.25, 0.3) is 0 Å². The Morgan fingerprint density at radius 1 is 1.17 bits per heavy atom. The number of sulfonamides is 1. The Hall–Kier alpha value is -3.35. The average Bonchev–Trinajstić information content (AvgIpc) is 2.97. The molecule has 0 aliphatic heterocycles. The number of nitrogens with two attached hydrogens (primary N) is 1. The summed E-state index contributed by atoms with van der Waals surface area (Å²) < 4.78 is 70.9. The van der Waals surface area contributed by atoms with Crippen molar-refractivity contribution < 1.29 is 35.9 Å². The van der Waals surface area contributed by atoms with Gasteiger partial charge in [0.05, 0.1) is 6.26 Å². The lowest BCUT2D eigenvalue weighted by atomic mass is 10.0. The van der Waals surface area contributed by atoms with Gasteiger partial charge in [-0.2, -0.15) is 18.3 Å². The molecule has 0 spiro atoms. The van der Waals surface area contributed by atoms with Crippen LogP contribution < -0.4 is 10.5 Å². The Morgan fingerprint density at radius 2 is 1.72 bits per heavy atom. The number of aromatic nitrogens is 2. The molecule has 0 saturated carbocycles. The summed E-state index contributed by atoms with van der Waals surface area (Å²) in [6.07, 6.45) is -4.02. The zero-order valence-electron chi connectivity index (χ0n) is 14.6. The molecule has 156 valence electrons. The van der Waals surface area contributed by atoms with Crippen LogP contribution in [0.5, 0.6) is 0 Å². The number of hydrogen-bond donors (Lipinski definition) is 4. The Labute approximate surface area is 161 Å². The largest absolute Gasteiger partial charge is 0.490 e. The minimum Gasteiger partial charge on any atom is -0.475 e. The van der Waals surface area contributed by atoms with E-state index in [2.05, 4.69) is 14.9 Å². The molecular formula is C16H14F4N4O4S. The van der Waals surface area contributed by atoms with Gasteiger partial charge in [0.1, 0.15) is 5.52 Å². The van der Waals surface area contributed by atoms with E-state index in [1.165, 1.54) is 0 Å². The lowest BCUT2D eigenvalue weighted by molar-refractivity contribution is -0.192. The van der Waals surface area contributed by atoms with E-state index in [1.54, 1.807) is 36.4 Å². The smallest absolute Gasteiger partial charge is 0.475 e. The molecule has 0 saturated heterocycles. The SMILES string of the molecule is CS(=O)(=O)Nc1ccc(-c2ccc3c(N)n[nH]c3c2F)cc1.O=C(O)C(F)(F)F. The number of nitrogen functional groups attached to an aromatic ring is 1. The highest BCUT2D eigenvalue weighted by Gasteiger charge is 2.38. The topological polar surface area (TPSA) is 138 Å². The Kier molecular flexibility index (Phi) is 6.01. The number of halogens is 4. The van der Waals surface area contributed by atoms with Crippen LogP contribution in [0, 0.1) is 5.82 Å². The van der Waals surface area contributed by atoms with Crippen LogP contribution in [0.2, 0.25) is 0 Å². The number of alkyl halides is 3. The van der Waals surface area contributed by atoms with Gasteiger partial charge in [-0.25, -0.2) is 17.6 Å². The van der Waals surface area contributed by atoms with E-state index < -0.39 is 28.0 Å². The van der Waals surface area contributed by atoms with Crippen molar-refractivity contribution in [3.05, 3.63) is 42.2 Å². The van der Waals surface area contributed by atoms with Gasteiger partial charge in [-0.3, -0.25) is 9.82 Å². The molecule has 0 amide bonds. The number of nitrogens with one attached hydrogen (secondary N) is 2. The molecular weight excluding hydrogens is 420 g/mol. The van der Waals surface area contributed by atoms with Crippen molar-refractivity contribution in [2.45, 2.75) is 6.18 Å². The van der Waals surface area contributed by atoms with Crippen molar-refractivity contribution in [2.24, 2.45) is 0 Å². The van der Waals surface area contributed by atoms with Crippen molar-refractivity contribution >= 4 is 38.4 Å². The van der Waals surface area contributed by atoms with Crippen LogP contribution in [-0.4, -0.2) is 42.1 Å². The summed E-state index contributed by atoms with van der Waals surface area (Å²) in [7, 11) is -3.34. The number of carbonyl (C=O) groups is 1. The normalized spacial score (nSPS) is 11.6. The van der Waals surface area contributed by atoms with Crippen LogP contribution in [-0.2, 0) is 14.8 Å². The van der Waals surface area contributed by atoms with Crippen molar-refractivity contribution in [3.63, 3.8) is 0 Å². The maximum Gasteiger partial charge on any atom is 0.490 e. The summed E-state index contributed by atoms with van der Waals surface area (Å²) >= 11 is 0. The maximum absolute atomic E-state index is 14.5. The summed E-state index contributed by atoms with van der Waals surface area (Å²) in [4.78, 5) is 8.90. The van der Waals surface area contributed by atoms with E-state index >= 15 is 0 Å².